The summed E-state index contributed by atoms with van der Waals surface area (Å²) < 4.78 is 5.23. The van der Waals surface area contributed by atoms with E-state index in [1.54, 1.807) is 11.3 Å². The van der Waals surface area contributed by atoms with Crippen molar-refractivity contribution >= 4 is 28.9 Å². The smallest absolute Gasteiger partial charge is 0.322 e. The third kappa shape index (κ3) is 3.78. The van der Waals surface area contributed by atoms with Crippen LogP contribution in [-0.2, 0) is 13.0 Å². The highest BCUT2D eigenvalue weighted by molar-refractivity contribution is 7.10. The molecule has 0 aromatic carbocycles. The lowest BCUT2D eigenvalue weighted by Gasteiger charge is -2.07. The zero-order chi connectivity index (χ0) is 13.7. The van der Waals surface area contributed by atoms with Gasteiger partial charge in [0, 0.05) is 4.88 Å². The second-order valence-corrected chi connectivity index (χ2v) is 5.06. The molecule has 2 heterocycles. The molecular weight excluding hydrogens is 284 g/mol. The summed E-state index contributed by atoms with van der Waals surface area (Å²) >= 11 is 7.54. The number of nitrogens with one attached hydrogen (secondary N) is 1. The normalized spacial score (nSPS) is 10.5. The molecule has 7 heteroatoms. The highest BCUT2D eigenvalue weighted by atomic mass is 35.5. The number of anilines is 1. The van der Waals surface area contributed by atoms with E-state index in [2.05, 4.69) is 38.6 Å². The lowest BCUT2D eigenvalue weighted by atomic mass is 10.2. The van der Waals surface area contributed by atoms with Crippen LogP contribution in [0.2, 0.25) is 5.28 Å². The van der Waals surface area contributed by atoms with Crippen LogP contribution in [0, 0.1) is 0 Å². The third-order valence-corrected chi connectivity index (χ3v) is 3.62. The van der Waals surface area contributed by atoms with E-state index in [0.29, 0.717) is 19.1 Å². The summed E-state index contributed by atoms with van der Waals surface area (Å²) in [6.45, 7) is 5.17. The average molecular weight is 299 g/mol. The Kier molecular flexibility index (Phi) is 4.93. The predicted molar refractivity (Wildman–Crippen MR) is 77.0 cm³/mol. The number of halogens is 1. The first-order valence-corrected chi connectivity index (χ1v) is 7.32. The maximum Gasteiger partial charge on any atom is 0.322 e. The minimum atomic E-state index is 0.128. The van der Waals surface area contributed by atoms with Gasteiger partial charge in [0.15, 0.2) is 0 Å². The van der Waals surface area contributed by atoms with Gasteiger partial charge >= 0.3 is 6.01 Å². The molecule has 0 aliphatic carbocycles. The van der Waals surface area contributed by atoms with Crippen molar-refractivity contribution in [3.05, 3.63) is 27.2 Å². The highest BCUT2D eigenvalue weighted by Gasteiger charge is 2.07. The second kappa shape index (κ2) is 6.68. The Balaban J connectivity index is 2.06. The average Bonchev–Trinajstić information content (AvgIpc) is 2.83. The van der Waals surface area contributed by atoms with Crippen molar-refractivity contribution in [2.24, 2.45) is 0 Å². The molecule has 102 valence electrons. The number of aryl methyl sites for hydroxylation is 1. The minimum Gasteiger partial charge on any atom is -0.464 e. The van der Waals surface area contributed by atoms with E-state index in [4.69, 9.17) is 16.3 Å². The van der Waals surface area contributed by atoms with Crippen molar-refractivity contribution < 1.29 is 4.74 Å². The first-order chi connectivity index (χ1) is 9.22. The van der Waals surface area contributed by atoms with Gasteiger partial charge in [-0.1, -0.05) is 6.92 Å². The lowest BCUT2D eigenvalue weighted by molar-refractivity contribution is 0.312. The molecule has 0 unspecified atom stereocenters. The molecule has 0 aliphatic rings. The van der Waals surface area contributed by atoms with Crippen LogP contribution in [0.5, 0.6) is 6.01 Å². The van der Waals surface area contributed by atoms with Crippen LogP contribution in [0.15, 0.2) is 11.4 Å². The van der Waals surface area contributed by atoms with Crippen molar-refractivity contribution in [2.75, 3.05) is 11.9 Å². The van der Waals surface area contributed by atoms with E-state index in [9.17, 15) is 0 Å². The molecule has 2 aromatic rings. The maximum absolute atomic E-state index is 5.83. The van der Waals surface area contributed by atoms with E-state index < -0.39 is 0 Å². The van der Waals surface area contributed by atoms with E-state index >= 15 is 0 Å². The number of hydrogen-bond donors (Lipinski definition) is 1. The minimum absolute atomic E-state index is 0.128. The van der Waals surface area contributed by atoms with Crippen LogP contribution >= 0.6 is 22.9 Å². The molecule has 0 amide bonds. The molecular formula is C12H15ClN4OS. The van der Waals surface area contributed by atoms with Crippen LogP contribution in [0.3, 0.4) is 0 Å². The number of ether oxygens (including phenoxy) is 1. The Hall–Kier alpha value is -1.40. The summed E-state index contributed by atoms with van der Waals surface area (Å²) in [7, 11) is 0. The predicted octanol–water partition coefficient (Wildman–Crippen LogP) is 3.16. The highest BCUT2D eigenvalue weighted by Crippen LogP contribution is 2.19. The molecule has 1 N–H and O–H groups in total. The zero-order valence-corrected chi connectivity index (χ0v) is 12.4. The quantitative estimate of drug-likeness (QED) is 0.887. The van der Waals surface area contributed by atoms with Gasteiger partial charge in [0.2, 0.25) is 11.2 Å². The van der Waals surface area contributed by atoms with Crippen LogP contribution in [-0.4, -0.2) is 21.6 Å². The molecule has 5 nitrogen and oxygen atoms in total. The molecule has 19 heavy (non-hydrogen) atoms. The van der Waals surface area contributed by atoms with E-state index in [1.165, 1.54) is 10.4 Å². The summed E-state index contributed by atoms with van der Waals surface area (Å²) in [5.74, 6) is 0.430. The molecule has 0 saturated heterocycles. The molecule has 0 radical (unpaired) electrons. The summed E-state index contributed by atoms with van der Waals surface area (Å²) in [6, 6.07) is 2.38. The van der Waals surface area contributed by atoms with Gasteiger partial charge in [0.05, 0.1) is 13.2 Å². The van der Waals surface area contributed by atoms with Crippen molar-refractivity contribution in [3.8, 4) is 6.01 Å². The van der Waals surface area contributed by atoms with Crippen molar-refractivity contribution in [1.82, 2.24) is 15.0 Å². The molecule has 2 aromatic heterocycles. The van der Waals surface area contributed by atoms with E-state index in [-0.39, 0.29) is 11.3 Å². The fraction of sp³-hybridized carbons (Fsp3) is 0.417. The van der Waals surface area contributed by atoms with Crippen molar-refractivity contribution in [3.63, 3.8) is 0 Å². The number of thiophene rings is 1. The topological polar surface area (TPSA) is 59.9 Å². The maximum atomic E-state index is 5.83. The van der Waals surface area contributed by atoms with Gasteiger partial charge in [0.1, 0.15) is 0 Å². The monoisotopic (exact) mass is 298 g/mol. The fourth-order valence-corrected chi connectivity index (χ4v) is 2.67. The Morgan fingerprint density at radius 3 is 2.89 bits per heavy atom. The Morgan fingerprint density at radius 1 is 1.32 bits per heavy atom. The summed E-state index contributed by atoms with van der Waals surface area (Å²) in [5.41, 5.74) is 1.34. The van der Waals surface area contributed by atoms with Crippen LogP contribution in [0.4, 0.5) is 5.95 Å². The summed E-state index contributed by atoms with van der Waals surface area (Å²) in [4.78, 5) is 13.3. The van der Waals surface area contributed by atoms with Gasteiger partial charge in [-0.3, -0.25) is 0 Å². The van der Waals surface area contributed by atoms with Gasteiger partial charge in [-0.25, -0.2) is 0 Å². The van der Waals surface area contributed by atoms with Crippen LogP contribution < -0.4 is 10.1 Å². The third-order valence-electron chi connectivity index (χ3n) is 2.49. The van der Waals surface area contributed by atoms with Gasteiger partial charge in [-0.2, -0.15) is 15.0 Å². The number of rotatable bonds is 6. The van der Waals surface area contributed by atoms with Crippen LogP contribution in [0.25, 0.3) is 0 Å². The first-order valence-electron chi connectivity index (χ1n) is 6.06. The standard InChI is InChI=1S/C12H15ClN4OS/c1-3-8-5-6-19-9(8)7-14-11-15-10(13)16-12(17-11)18-4-2/h5-6H,3-4,7H2,1-2H3,(H,14,15,16,17). The fourth-order valence-electron chi connectivity index (χ4n) is 1.60. The van der Waals surface area contributed by atoms with Gasteiger partial charge in [-0.05, 0) is 42.0 Å². The SMILES string of the molecule is CCOc1nc(Cl)nc(NCc2sccc2CC)n1. The van der Waals surface area contributed by atoms with E-state index in [0.717, 1.165) is 6.42 Å². The van der Waals surface area contributed by atoms with Gasteiger partial charge < -0.3 is 10.1 Å². The van der Waals surface area contributed by atoms with Gasteiger partial charge in [-0.15, -0.1) is 11.3 Å². The lowest BCUT2D eigenvalue weighted by Crippen LogP contribution is -2.07. The molecule has 0 atom stereocenters. The van der Waals surface area contributed by atoms with Gasteiger partial charge in [0.25, 0.3) is 0 Å². The molecule has 0 aliphatic heterocycles. The van der Waals surface area contributed by atoms with E-state index in [1.807, 2.05) is 6.92 Å². The molecule has 2 rings (SSSR count). The Morgan fingerprint density at radius 2 is 2.16 bits per heavy atom. The summed E-state index contributed by atoms with van der Waals surface area (Å²) in [5, 5.41) is 5.36. The number of nitrogens with zero attached hydrogens (tertiary/aromatic N) is 3. The molecule has 0 fully saturated rings. The molecule has 0 saturated carbocycles. The molecule has 0 spiro atoms. The van der Waals surface area contributed by atoms with Crippen molar-refractivity contribution in [1.29, 1.82) is 0 Å². The zero-order valence-electron chi connectivity index (χ0n) is 10.8. The largest absolute Gasteiger partial charge is 0.464 e. The second-order valence-electron chi connectivity index (χ2n) is 3.72. The van der Waals surface area contributed by atoms with Crippen molar-refractivity contribution in [2.45, 2.75) is 26.8 Å². The van der Waals surface area contributed by atoms with Crippen LogP contribution in [0.1, 0.15) is 24.3 Å². The number of aromatic nitrogens is 3. The first kappa shape index (κ1) is 14.0. The summed E-state index contributed by atoms with van der Waals surface area (Å²) in [6.07, 6.45) is 1.02. The number of hydrogen-bond acceptors (Lipinski definition) is 6. The Labute approximate surface area is 121 Å². The molecule has 0 bridgehead atoms. The Bertz CT molecular complexity index is 546.